The molecule has 0 bridgehead atoms. The summed E-state index contributed by atoms with van der Waals surface area (Å²) in [6.07, 6.45) is 6.93. The number of hydrogen-bond acceptors (Lipinski definition) is 3. The molecule has 0 aromatic carbocycles. The zero-order chi connectivity index (χ0) is 10.7. The van der Waals surface area contributed by atoms with Crippen molar-refractivity contribution in [1.82, 2.24) is 14.9 Å². The lowest BCUT2D eigenvalue weighted by molar-refractivity contribution is 0.0368. The smallest absolute Gasteiger partial charge is 0.105 e. The lowest BCUT2D eigenvalue weighted by Gasteiger charge is -2.14. The monoisotopic (exact) mass is 209 g/mol. The number of ether oxygens (including phenoxy) is 1. The molecular formula is C11H19N3O. The molecular weight excluding hydrogens is 190 g/mol. The Kier molecular flexibility index (Phi) is 3.38. The first-order chi connectivity index (χ1) is 7.29. The molecule has 2 heterocycles. The number of likely N-dealkylation sites (N-methyl/N-ethyl adjacent to an activating group) is 1. The lowest BCUT2D eigenvalue weighted by Crippen LogP contribution is -2.25. The molecule has 0 saturated carbocycles. The topological polar surface area (TPSA) is 39.1 Å². The molecule has 2 unspecified atom stereocenters. The quantitative estimate of drug-likeness (QED) is 0.802. The highest BCUT2D eigenvalue weighted by molar-refractivity contribution is 4.90. The number of rotatable bonds is 4. The van der Waals surface area contributed by atoms with Crippen molar-refractivity contribution in [2.45, 2.75) is 38.5 Å². The van der Waals surface area contributed by atoms with Gasteiger partial charge in [-0.2, -0.15) is 0 Å². The van der Waals surface area contributed by atoms with Gasteiger partial charge in [0.1, 0.15) is 5.82 Å². The number of nitrogens with zero attached hydrogens (tertiary/aromatic N) is 2. The molecule has 0 radical (unpaired) electrons. The van der Waals surface area contributed by atoms with Crippen molar-refractivity contribution < 1.29 is 4.74 Å². The van der Waals surface area contributed by atoms with Gasteiger partial charge in [0.15, 0.2) is 0 Å². The maximum atomic E-state index is 5.92. The molecule has 0 aliphatic carbocycles. The third-order valence-electron chi connectivity index (χ3n) is 2.95. The Morgan fingerprint density at radius 3 is 3.00 bits per heavy atom. The van der Waals surface area contributed by atoms with Crippen molar-refractivity contribution in [3.8, 4) is 0 Å². The van der Waals surface area contributed by atoms with Gasteiger partial charge in [-0.15, -0.1) is 0 Å². The first-order valence-electron chi connectivity index (χ1n) is 5.57. The number of imidazole rings is 1. The third-order valence-corrected chi connectivity index (χ3v) is 2.95. The second kappa shape index (κ2) is 4.77. The summed E-state index contributed by atoms with van der Waals surface area (Å²) in [7, 11) is 1.97. The minimum absolute atomic E-state index is 0.358. The molecule has 1 aromatic heterocycles. The number of aromatic nitrogens is 2. The molecule has 1 aliphatic heterocycles. The second-order valence-electron chi connectivity index (χ2n) is 4.14. The Morgan fingerprint density at radius 1 is 1.53 bits per heavy atom. The largest absolute Gasteiger partial charge is 0.372 e. The SMILES string of the molecule is CNCC1CCC(Cn2ccnc2C)O1. The molecule has 4 heteroatoms. The van der Waals surface area contributed by atoms with Gasteiger partial charge >= 0.3 is 0 Å². The van der Waals surface area contributed by atoms with Crippen molar-refractivity contribution in [1.29, 1.82) is 0 Å². The highest BCUT2D eigenvalue weighted by atomic mass is 16.5. The summed E-state index contributed by atoms with van der Waals surface area (Å²) in [4.78, 5) is 4.21. The minimum atomic E-state index is 0.358. The molecule has 2 atom stereocenters. The third kappa shape index (κ3) is 2.58. The fraction of sp³-hybridized carbons (Fsp3) is 0.727. The van der Waals surface area contributed by atoms with Gasteiger partial charge in [0.2, 0.25) is 0 Å². The highest BCUT2D eigenvalue weighted by Gasteiger charge is 2.24. The van der Waals surface area contributed by atoms with Crippen molar-refractivity contribution in [2.75, 3.05) is 13.6 Å². The van der Waals surface area contributed by atoms with Gasteiger partial charge in [0.05, 0.1) is 18.8 Å². The van der Waals surface area contributed by atoms with Gasteiger partial charge in [0, 0.05) is 18.9 Å². The molecule has 1 saturated heterocycles. The van der Waals surface area contributed by atoms with Gasteiger partial charge < -0.3 is 14.6 Å². The van der Waals surface area contributed by atoms with Crippen LogP contribution < -0.4 is 5.32 Å². The van der Waals surface area contributed by atoms with E-state index in [2.05, 4.69) is 14.9 Å². The summed E-state index contributed by atoms with van der Waals surface area (Å²) >= 11 is 0. The van der Waals surface area contributed by atoms with Crippen molar-refractivity contribution >= 4 is 0 Å². The molecule has 0 spiro atoms. The summed E-state index contributed by atoms with van der Waals surface area (Å²) in [5.74, 6) is 1.07. The van der Waals surface area contributed by atoms with E-state index in [0.717, 1.165) is 25.3 Å². The van der Waals surface area contributed by atoms with E-state index >= 15 is 0 Å². The molecule has 1 aromatic rings. The van der Waals surface area contributed by atoms with Crippen molar-refractivity contribution in [3.05, 3.63) is 18.2 Å². The van der Waals surface area contributed by atoms with E-state index in [1.165, 1.54) is 6.42 Å². The van der Waals surface area contributed by atoms with Gasteiger partial charge in [-0.05, 0) is 26.8 Å². The van der Waals surface area contributed by atoms with Gasteiger partial charge in [-0.1, -0.05) is 0 Å². The van der Waals surface area contributed by atoms with E-state index in [-0.39, 0.29) is 0 Å². The zero-order valence-corrected chi connectivity index (χ0v) is 9.44. The summed E-state index contributed by atoms with van der Waals surface area (Å²) < 4.78 is 8.08. The molecule has 2 rings (SSSR count). The Balaban J connectivity index is 1.85. The van der Waals surface area contributed by atoms with Crippen LogP contribution >= 0.6 is 0 Å². The maximum absolute atomic E-state index is 5.92. The van der Waals surface area contributed by atoms with E-state index in [9.17, 15) is 0 Å². The van der Waals surface area contributed by atoms with Crippen LogP contribution in [0.2, 0.25) is 0 Å². The van der Waals surface area contributed by atoms with Crippen molar-refractivity contribution in [2.24, 2.45) is 0 Å². The molecule has 15 heavy (non-hydrogen) atoms. The number of nitrogens with one attached hydrogen (secondary N) is 1. The van der Waals surface area contributed by atoms with Crippen LogP contribution in [0.3, 0.4) is 0 Å². The highest BCUT2D eigenvalue weighted by Crippen LogP contribution is 2.20. The lowest BCUT2D eigenvalue weighted by atomic mass is 10.2. The number of aryl methyl sites for hydroxylation is 1. The molecule has 4 nitrogen and oxygen atoms in total. The van der Waals surface area contributed by atoms with E-state index in [4.69, 9.17) is 4.74 Å². The molecule has 84 valence electrons. The molecule has 1 aliphatic rings. The van der Waals surface area contributed by atoms with Crippen LogP contribution in [0, 0.1) is 6.92 Å². The summed E-state index contributed by atoms with van der Waals surface area (Å²) in [6.45, 7) is 3.92. The Hall–Kier alpha value is -0.870. The Labute approximate surface area is 90.6 Å². The van der Waals surface area contributed by atoms with E-state index in [1.807, 2.05) is 26.4 Å². The average molecular weight is 209 g/mol. The van der Waals surface area contributed by atoms with E-state index in [1.54, 1.807) is 0 Å². The summed E-state index contributed by atoms with van der Waals surface area (Å²) in [6, 6.07) is 0. The van der Waals surface area contributed by atoms with Crippen LogP contribution in [-0.4, -0.2) is 35.4 Å². The summed E-state index contributed by atoms with van der Waals surface area (Å²) in [5.41, 5.74) is 0. The van der Waals surface area contributed by atoms with E-state index in [0.29, 0.717) is 12.2 Å². The van der Waals surface area contributed by atoms with Crippen LogP contribution in [0.15, 0.2) is 12.4 Å². The van der Waals surface area contributed by atoms with Crippen LogP contribution in [0.4, 0.5) is 0 Å². The molecule has 1 N–H and O–H groups in total. The van der Waals surface area contributed by atoms with Crippen LogP contribution in [0.5, 0.6) is 0 Å². The zero-order valence-electron chi connectivity index (χ0n) is 9.44. The Morgan fingerprint density at radius 2 is 2.33 bits per heavy atom. The van der Waals surface area contributed by atoms with Crippen LogP contribution in [0.25, 0.3) is 0 Å². The van der Waals surface area contributed by atoms with Gasteiger partial charge in [-0.25, -0.2) is 4.98 Å². The standard InChI is InChI=1S/C11H19N3O/c1-9-13-5-6-14(9)8-11-4-3-10(15-11)7-12-2/h5-6,10-12H,3-4,7-8H2,1-2H3. The first kappa shape index (κ1) is 10.6. The predicted molar refractivity (Wildman–Crippen MR) is 58.8 cm³/mol. The van der Waals surface area contributed by atoms with E-state index < -0.39 is 0 Å². The van der Waals surface area contributed by atoms with Crippen LogP contribution in [-0.2, 0) is 11.3 Å². The normalized spacial score (nSPS) is 26.0. The fourth-order valence-corrected chi connectivity index (χ4v) is 2.11. The average Bonchev–Trinajstić information content (AvgIpc) is 2.79. The Bertz CT molecular complexity index is 311. The molecule has 0 amide bonds. The van der Waals surface area contributed by atoms with Crippen LogP contribution in [0.1, 0.15) is 18.7 Å². The first-order valence-corrected chi connectivity index (χ1v) is 5.57. The number of hydrogen-bond donors (Lipinski definition) is 1. The predicted octanol–water partition coefficient (Wildman–Crippen LogP) is 0.959. The maximum Gasteiger partial charge on any atom is 0.105 e. The van der Waals surface area contributed by atoms with Gasteiger partial charge in [0.25, 0.3) is 0 Å². The van der Waals surface area contributed by atoms with Gasteiger partial charge in [-0.3, -0.25) is 0 Å². The summed E-state index contributed by atoms with van der Waals surface area (Å²) in [5, 5.41) is 3.16. The minimum Gasteiger partial charge on any atom is -0.372 e. The molecule has 1 fully saturated rings. The fourth-order valence-electron chi connectivity index (χ4n) is 2.11. The van der Waals surface area contributed by atoms with Crippen molar-refractivity contribution in [3.63, 3.8) is 0 Å². The second-order valence-corrected chi connectivity index (χ2v) is 4.14.